The summed E-state index contributed by atoms with van der Waals surface area (Å²) in [6.45, 7) is 7.01. The summed E-state index contributed by atoms with van der Waals surface area (Å²) in [6, 6.07) is 0. The highest BCUT2D eigenvalue weighted by Crippen LogP contribution is 2.13. The van der Waals surface area contributed by atoms with Crippen LogP contribution >= 0.6 is 0 Å². The fraction of sp³-hybridized carbons (Fsp3) is 1.00. The predicted octanol–water partition coefficient (Wildman–Crippen LogP) is 0.577. The molecular weight excluding hydrogens is 254 g/mol. The minimum atomic E-state index is -3.10. The van der Waals surface area contributed by atoms with Gasteiger partial charge in [0.2, 0.25) is 0 Å². The van der Waals surface area contributed by atoms with Crippen molar-refractivity contribution in [1.29, 1.82) is 0 Å². The number of sulfone groups is 1. The molecule has 6 heteroatoms. The lowest BCUT2D eigenvalue weighted by molar-refractivity contribution is 0.0358. The molecule has 1 atom stereocenters. The number of hydrogen-bond donors (Lipinski definition) is 2. The van der Waals surface area contributed by atoms with Gasteiger partial charge in [0.25, 0.3) is 0 Å². The summed E-state index contributed by atoms with van der Waals surface area (Å²) in [5, 5.41) is 12.6. The van der Waals surface area contributed by atoms with E-state index in [2.05, 4.69) is 12.2 Å². The first-order chi connectivity index (χ1) is 8.20. The lowest BCUT2D eigenvalue weighted by Gasteiger charge is -2.23. The van der Waals surface area contributed by atoms with Crippen LogP contribution in [0.2, 0.25) is 0 Å². The first-order valence-electron chi connectivity index (χ1n) is 6.37. The lowest BCUT2D eigenvalue weighted by atomic mass is 10.2. The van der Waals surface area contributed by atoms with Crippen LogP contribution < -0.4 is 5.32 Å². The number of unbranched alkanes of at least 4 members (excludes halogenated alkanes) is 1. The molecule has 0 radical (unpaired) electrons. The third-order valence-corrected chi connectivity index (χ3v) is 5.04. The van der Waals surface area contributed by atoms with Crippen molar-refractivity contribution in [3.63, 3.8) is 0 Å². The fourth-order valence-corrected chi connectivity index (χ4v) is 1.56. The van der Waals surface area contributed by atoms with Gasteiger partial charge < -0.3 is 15.2 Å². The minimum Gasteiger partial charge on any atom is -0.389 e. The molecule has 0 amide bonds. The molecule has 2 N–H and O–H groups in total. The van der Waals surface area contributed by atoms with Crippen LogP contribution in [0.25, 0.3) is 0 Å². The van der Waals surface area contributed by atoms with Crippen LogP contribution in [-0.2, 0) is 14.6 Å². The van der Waals surface area contributed by atoms with Gasteiger partial charge in [0.05, 0.1) is 17.5 Å². The molecule has 0 saturated carbocycles. The average molecular weight is 281 g/mol. The molecule has 0 bridgehead atoms. The molecule has 0 aromatic carbocycles. The number of aliphatic hydroxyl groups is 1. The Balaban J connectivity index is 3.78. The first-order valence-corrected chi connectivity index (χ1v) is 8.26. The normalized spacial score (nSPS) is 14.7. The summed E-state index contributed by atoms with van der Waals surface area (Å²) in [5.41, 5.74) is 0. The highest BCUT2D eigenvalue weighted by molar-refractivity contribution is 7.92. The molecule has 110 valence electrons. The van der Waals surface area contributed by atoms with Gasteiger partial charge in [-0.25, -0.2) is 8.42 Å². The fourth-order valence-electron chi connectivity index (χ4n) is 1.20. The average Bonchev–Trinajstić information content (AvgIpc) is 2.22. The topological polar surface area (TPSA) is 75.6 Å². The molecule has 0 aromatic rings. The smallest absolute Gasteiger partial charge is 0.153 e. The first kappa shape index (κ1) is 17.8. The summed E-state index contributed by atoms with van der Waals surface area (Å²) in [4.78, 5) is 0. The number of aliphatic hydroxyl groups excluding tert-OH is 1. The summed E-state index contributed by atoms with van der Waals surface area (Å²) in [6.07, 6.45) is 2.68. The lowest BCUT2D eigenvalue weighted by Crippen LogP contribution is -2.44. The molecule has 0 rings (SSSR count). The molecule has 0 fully saturated rings. The van der Waals surface area contributed by atoms with Gasteiger partial charge in [0.1, 0.15) is 0 Å². The van der Waals surface area contributed by atoms with Crippen LogP contribution in [0.5, 0.6) is 0 Å². The Kier molecular flexibility index (Phi) is 8.02. The van der Waals surface area contributed by atoms with Crippen LogP contribution in [0, 0.1) is 0 Å². The van der Waals surface area contributed by atoms with E-state index in [1.807, 2.05) is 0 Å². The second-order valence-corrected chi connectivity index (χ2v) is 7.89. The zero-order valence-corrected chi connectivity index (χ0v) is 12.7. The Morgan fingerprint density at radius 2 is 2.00 bits per heavy atom. The SMILES string of the molecule is CCCCOCC(O)CNCC(C)(C)S(C)(=O)=O. The summed E-state index contributed by atoms with van der Waals surface area (Å²) in [7, 11) is -3.10. The van der Waals surface area contributed by atoms with Gasteiger partial charge in [-0.05, 0) is 20.3 Å². The van der Waals surface area contributed by atoms with Crippen LogP contribution in [0.15, 0.2) is 0 Å². The van der Waals surface area contributed by atoms with Gasteiger partial charge in [0, 0.05) is 26.0 Å². The van der Waals surface area contributed by atoms with E-state index in [1.54, 1.807) is 13.8 Å². The maximum atomic E-state index is 11.4. The highest BCUT2D eigenvalue weighted by Gasteiger charge is 2.29. The molecule has 18 heavy (non-hydrogen) atoms. The van der Waals surface area contributed by atoms with Crippen LogP contribution in [0.3, 0.4) is 0 Å². The van der Waals surface area contributed by atoms with E-state index in [4.69, 9.17) is 4.74 Å². The van der Waals surface area contributed by atoms with E-state index >= 15 is 0 Å². The second-order valence-electron chi connectivity index (χ2n) is 5.25. The summed E-state index contributed by atoms with van der Waals surface area (Å²) < 4.78 is 27.3. The zero-order chi connectivity index (χ0) is 14.2. The molecule has 0 saturated heterocycles. The monoisotopic (exact) mass is 281 g/mol. The molecule has 1 unspecified atom stereocenters. The summed E-state index contributed by atoms with van der Waals surface area (Å²) in [5.74, 6) is 0. The number of rotatable bonds is 10. The maximum Gasteiger partial charge on any atom is 0.153 e. The number of ether oxygens (including phenoxy) is 1. The number of hydrogen-bond acceptors (Lipinski definition) is 5. The minimum absolute atomic E-state index is 0.284. The van der Waals surface area contributed by atoms with E-state index in [0.29, 0.717) is 19.7 Å². The molecule has 0 aromatic heterocycles. The molecule has 0 aliphatic heterocycles. The van der Waals surface area contributed by atoms with Crippen molar-refractivity contribution in [1.82, 2.24) is 5.32 Å². The van der Waals surface area contributed by atoms with Crippen molar-refractivity contribution in [3.05, 3.63) is 0 Å². The van der Waals surface area contributed by atoms with Crippen molar-refractivity contribution >= 4 is 9.84 Å². The number of nitrogens with one attached hydrogen (secondary N) is 1. The third-order valence-electron chi connectivity index (χ3n) is 2.89. The van der Waals surface area contributed by atoms with Gasteiger partial charge in [-0.2, -0.15) is 0 Å². The van der Waals surface area contributed by atoms with Crippen molar-refractivity contribution < 1.29 is 18.3 Å². The Morgan fingerprint density at radius 3 is 2.50 bits per heavy atom. The Labute approximate surface area is 111 Å². The van der Waals surface area contributed by atoms with Gasteiger partial charge in [0.15, 0.2) is 9.84 Å². The molecule has 0 spiro atoms. The maximum absolute atomic E-state index is 11.4. The molecule has 0 heterocycles. The van der Waals surface area contributed by atoms with E-state index in [1.165, 1.54) is 6.26 Å². The van der Waals surface area contributed by atoms with Crippen LogP contribution in [0.1, 0.15) is 33.6 Å². The Morgan fingerprint density at radius 1 is 1.39 bits per heavy atom. The Hall–Kier alpha value is -0.170. The van der Waals surface area contributed by atoms with Crippen molar-refractivity contribution in [2.75, 3.05) is 32.6 Å². The van der Waals surface area contributed by atoms with Crippen molar-refractivity contribution in [2.45, 2.75) is 44.5 Å². The van der Waals surface area contributed by atoms with Gasteiger partial charge >= 0.3 is 0 Å². The standard InChI is InChI=1S/C12H27NO4S/c1-5-6-7-17-9-11(14)8-13-10-12(2,3)18(4,15)16/h11,13-14H,5-10H2,1-4H3. The van der Waals surface area contributed by atoms with Crippen molar-refractivity contribution in [3.8, 4) is 0 Å². The second kappa shape index (κ2) is 8.09. The van der Waals surface area contributed by atoms with Gasteiger partial charge in [-0.3, -0.25) is 0 Å². The zero-order valence-electron chi connectivity index (χ0n) is 11.9. The Bertz CT molecular complexity index is 314. The molecule has 0 aliphatic carbocycles. The van der Waals surface area contributed by atoms with E-state index in [9.17, 15) is 13.5 Å². The van der Waals surface area contributed by atoms with E-state index in [0.717, 1.165) is 12.8 Å². The van der Waals surface area contributed by atoms with E-state index in [-0.39, 0.29) is 6.61 Å². The van der Waals surface area contributed by atoms with Crippen LogP contribution in [-0.4, -0.2) is 56.9 Å². The van der Waals surface area contributed by atoms with Crippen molar-refractivity contribution in [2.24, 2.45) is 0 Å². The molecule has 0 aliphatic rings. The summed E-state index contributed by atoms with van der Waals surface area (Å²) >= 11 is 0. The molecular formula is C12H27NO4S. The molecule has 5 nitrogen and oxygen atoms in total. The quantitative estimate of drug-likeness (QED) is 0.573. The highest BCUT2D eigenvalue weighted by atomic mass is 32.2. The van der Waals surface area contributed by atoms with E-state index < -0.39 is 20.7 Å². The predicted molar refractivity (Wildman–Crippen MR) is 73.5 cm³/mol. The van der Waals surface area contributed by atoms with Gasteiger partial charge in [-0.1, -0.05) is 13.3 Å². The van der Waals surface area contributed by atoms with Gasteiger partial charge in [-0.15, -0.1) is 0 Å². The van der Waals surface area contributed by atoms with Crippen LogP contribution in [0.4, 0.5) is 0 Å². The third kappa shape index (κ3) is 7.31. The largest absolute Gasteiger partial charge is 0.389 e.